The van der Waals surface area contributed by atoms with Crippen LogP contribution in [0.25, 0.3) is 10.8 Å². The van der Waals surface area contributed by atoms with Gasteiger partial charge in [0.1, 0.15) is 6.04 Å². The summed E-state index contributed by atoms with van der Waals surface area (Å²) in [5.74, 6) is -0.687. The number of hydrogen-bond acceptors (Lipinski definition) is 3. The van der Waals surface area contributed by atoms with Crippen LogP contribution in [-0.2, 0) is 16.0 Å². The molecule has 0 aromatic heterocycles. The van der Waals surface area contributed by atoms with E-state index >= 15 is 0 Å². The fourth-order valence-corrected chi connectivity index (χ4v) is 2.52. The van der Waals surface area contributed by atoms with Crippen LogP contribution in [0.4, 0.5) is 0 Å². The smallest absolute Gasteiger partial charge is 0.240 e. The fourth-order valence-electron chi connectivity index (χ4n) is 2.52. The first-order chi connectivity index (χ1) is 11.1. The molecule has 5 nitrogen and oxygen atoms in total. The molecule has 0 saturated carbocycles. The molecule has 2 aromatic rings. The predicted octanol–water partition coefficient (Wildman–Crippen LogP) is 1.48. The molecule has 5 N–H and O–H groups in total. The zero-order valence-electron chi connectivity index (χ0n) is 13.1. The second-order valence-electron chi connectivity index (χ2n) is 5.65. The molecule has 0 aliphatic carbocycles. The Balaban J connectivity index is 2.02. The molecular formula is C18H23N3O2. The number of unbranched alkanes of at least 4 members (excludes halogenated alkanes) is 1. The normalized spacial score (nSPS) is 12.0. The van der Waals surface area contributed by atoms with Crippen LogP contribution in [0.1, 0.15) is 24.8 Å². The van der Waals surface area contributed by atoms with E-state index in [0.29, 0.717) is 25.8 Å². The van der Waals surface area contributed by atoms with Gasteiger partial charge in [0.25, 0.3) is 0 Å². The molecule has 0 saturated heterocycles. The van der Waals surface area contributed by atoms with E-state index in [1.807, 2.05) is 42.5 Å². The highest BCUT2D eigenvalue weighted by Crippen LogP contribution is 2.16. The molecule has 0 unspecified atom stereocenters. The molecule has 1 atom stereocenters. The summed E-state index contributed by atoms with van der Waals surface area (Å²) in [4.78, 5) is 23.5. The summed E-state index contributed by atoms with van der Waals surface area (Å²) in [6.45, 7) is 0.559. The Kier molecular flexibility index (Phi) is 6.11. The van der Waals surface area contributed by atoms with Gasteiger partial charge < -0.3 is 16.8 Å². The second-order valence-corrected chi connectivity index (χ2v) is 5.65. The number of benzene rings is 2. The van der Waals surface area contributed by atoms with Gasteiger partial charge in [0.2, 0.25) is 11.8 Å². The Morgan fingerprint density at radius 1 is 1.04 bits per heavy atom. The molecule has 0 spiro atoms. The van der Waals surface area contributed by atoms with Crippen molar-refractivity contribution in [1.29, 1.82) is 0 Å². The quantitative estimate of drug-likeness (QED) is 0.644. The molecule has 0 aliphatic rings. The molecule has 0 fully saturated rings. The van der Waals surface area contributed by atoms with Crippen molar-refractivity contribution in [2.45, 2.75) is 31.7 Å². The first kappa shape index (κ1) is 17.0. The fraction of sp³-hybridized carbons (Fsp3) is 0.333. The predicted molar refractivity (Wildman–Crippen MR) is 91.7 cm³/mol. The average Bonchev–Trinajstić information content (AvgIpc) is 2.54. The van der Waals surface area contributed by atoms with Gasteiger partial charge in [-0.15, -0.1) is 0 Å². The number of rotatable bonds is 8. The summed E-state index contributed by atoms with van der Waals surface area (Å²) < 4.78 is 0. The van der Waals surface area contributed by atoms with Crippen molar-refractivity contribution in [2.75, 3.05) is 6.54 Å². The molecular weight excluding hydrogens is 290 g/mol. The highest BCUT2D eigenvalue weighted by Gasteiger charge is 2.18. The average molecular weight is 313 g/mol. The SMILES string of the molecule is NCCCCC(=O)N[C@@H](Cc1ccc2ccccc2c1)C(N)=O. The van der Waals surface area contributed by atoms with Gasteiger partial charge in [-0.25, -0.2) is 0 Å². The molecule has 23 heavy (non-hydrogen) atoms. The summed E-state index contributed by atoms with van der Waals surface area (Å²) in [6, 6.07) is 13.3. The van der Waals surface area contributed by atoms with Crippen LogP contribution in [-0.4, -0.2) is 24.4 Å². The van der Waals surface area contributed by atoms with Gasteiger partial charge in [0.15, 0.2) is 0 Å². The lowest BCUT2D eigenvalue weighted by Gasteiger charge is -2.16. The van der Waals surface area contributed by atoms with Crippen molar-refractivity contribution in [2.24, 2.45) is 11.5 Å². The van der Waals surface area contributed by atoms with Crippen LogP contribution in [0.5, 0.6) is 0 Å². The summed E-state index contributed by atoms with van der Waals surface area (Å²) in [7, 11) is 0. The van der Waals surface area contributed by atoms with E-state index in [0.717, 1.165) is 22.8 Å². The van der Waals surface area contributed by atoms with Crippen molar-refractivity contribution in [3.05, 3.63) is 48.0 Å². The summed E-state index contributed by atoms with van der Waals surface area (Å²) in [5.41, 5.74) is 11.8. The van der Waals surface area contributed by atoms with Crippen LogP contribution in [0.15, 0.2) is 42.5 Å². The summed E-state index contributed by atoms with van der Waals surface area (Å²) >= 11 is 0. The zero-order chi connectivity index (χ0) is 16.7. The van der Waals surface area contributed by atoms with Gasteiger partial charge in [-0.1, -0.05) is 42.5 Å². The number of fused-ring (bicyclic) bond motifs is 1. The van der Waals surface area contributed by atoms with E-state index < -0.39 is 11.9 Å². The minimum atomic E-state index is -0.693. The third-order valence-electron chi connectivity index (χ3n) is 3.79. The van der Waals surface area contributed by atoms with Gasteiger partial charge in [-0.3, -0.25) is 9.59 Å². The lowest BCUT2D eigenvalue weighted by molar-refractivity contribution is -0.127. The van der Waals surface area contributed by atoms with Crippen molar-refractivity contribution >= 4 is 22.6 Å². The molecule has 122 valence electrons. The number of nitrogens with two attached hydrogens (primary N) is 2. The molecule has 5 heteroatoms. The van der Waals surface area contributed by atoms with E-state index in [1.165, 1.54) is 0 Å². The summed E-state index contributed by atoms with van der Waals surface area (Å²) in [6.07, 6.45) is 2.25. The van der Waals surface area contributed by atoms with Gasteiger partial charge in [0.05, 0.1) is 0 Å². The molecule has 2 rings (SSSR count). The Labute approximate surface area is 136 Å². The molecule has 2 aromatic carbocycles. The third-order valence-corrected chi connectivity index (χ3v) is 3.79. The van der Waals surface area contributed by atoms with Crippen molar-refractivity contribution in [1.82, 2.24) is 5.32 Å². The molecule has 0 radical (unpaired) electrons. The first-order valence-corrected chi connectivity index (χ1v) is 7.86. The topological polar surface area (TPSA) is 98.2 Å². The van der Waals surface area contributed by atoms with Gasteiger partial charge in [0, 0.05) is 12.8 Å². The van der Waals surface area contributed by atoms with E-state index in [4.69, 9.17) is 11.5 Å². The van der Waals surface area contributed by atoms with Crippen LogP contribution < -0.4 is 16.8 Å². The number of carbonyl (C=O) groups is 2. The maximum atomic E-state index is 11.9. The number of nitrogens with one attached hydrogen (secondary N) is 1. The van der Waals surface area contributed by atoms with E-state index in [1.54, 1.807) is 0 Å². The minimum Gasteiger partial charge on any atom is -0.368 e. The Bertz CT molecular complexity index is 685. The van der Waals surface area contributed by atoms with E-state index in [2.05, 4.69) is 5.32 Å². The van der Waals surface area contributed by atoms with E-state index in [9.17, 15) is 9.59 Å². The molecule has 2 amide bonds. The number of amides is 2. The van der Waals surface area contributed by atoms with Crippen LogP contribution in [0, 0.1) is 0 Å². The standard InChI is InChI=1S/C18H23N3O2/c19-10-4-3-7-17(22)21-16(18(20)23)12-13-8-9-14-5-1-2-6-15(14)11-13/h1-2,5-6,8-9,11,16H,3-4,7,10,12,19H2,(H2,20,23)(H,21,22)/t16-/m0/s1. The van der Waals surface area contributed by atoms with Gasteiger partial charge >= 0.3 is 0 Å². The number of primary amides is 1. The van der Waals surface area contributed by atoms with Gasteiger partial charge in [-0.05, 0) is 35.7 Å². The lowest BCUT2D eigenvalue weighted by atomic mass is 10.0. The lowest BCUT2D eigenvalue weighted by Crippen LogP contribution is -2.45. The zero-order valence-corrected chi connectivity index (χ0v) is 13.1. The Hall–Kier alpha value is -2.40. The number of hydrogen-bond donors (Lipinski definition) is 3. The highest BCUT2D eigenvalue weighted by molar-refractivity contribution is 5.87. The minimum absolute atomic E-state index is 0.164. The Morgan fingerprint density at radius 2 is 1.78 bits per heavy atom. The highest BCUT2D eigenvalue weighted by atomic mass is 16.2. The second kappa shape index (κ2) is 8.29. The first-order valence-electron chi connectivity index (χ1n) is 7.86. The largest absolute Gasteiger partial charge is 0.368 e. The third kappa shape index (κ3) is 5.07. The van der Waals surface area contributed by atoms with Crippen molar-refractivity contribution in [3.63, 3.8) is 0 Å². The van der Waals surface area contributed by atoms with Gasteiger partial charge in [-0.2, -0.15) is 0 Å². The van der Waals surface area contributed by atoms with Crippen molar-refractivity contribution < 1.29 is 9.59 Å². The van der Waals surface area contributed by atoms with Crippen LogP contribution in [0.2, 0.25) is 0 Å². The maximum Gasteiger partial charge on any atom is 0.240 e. The van der Waals surface area contributed by atoms with Crippen LogP contribution in [0.3, 0.4) is 0 Å². The number of carbonyl (C=O) groups excluding carboxylic acids is 2. The monoisotopic (exact) mass is 313 g/mol. The molecule has 0 bridgehead atoms. The van der Waals surface area contributed by atoms with E-state index in [-0.39, 0.29) is 5.91 Å². The maximum absolute atomic E-state index is 11.9. The Morgan fingerprint density at radius 3 is 2.48 bits per heavy atom. The summed E-state index contributed by atoms with van der Waals surface area (Å²) in [5, 5.41) is 4.95. The molecule has 0 aliphatic heterocycles. The van der Waals surface area contributed by atoms with Crippen LogP contribution >= 0.6 is 0 Å². The molecule has 0 heterocycles. The van der Waals surface area contributed by atoms with Crippen molar-refractivity contribution in [3.8, 4) is 0 Å².